The zero-order valence-electron chi connectivity index (χ0n) is 11.7. The first-order valence-corrected chi connectivity index (χ1v) is 7.51. The van der Waals surface area contributed by atoms with E-state index in [-0.39, 0.29) is 5.91 Å². The molecule has 1 aromatic rings. The molecule has 0 spiro atoms. The van der Waals surface area contributed by atoms with Crippen LogP contribution in [0.15, 0.2) is 42.5 Å². The molecule has 2 aliphatic carbocycles. The van der Waals surface area contributed by atoms with Crippen LogP contribution in [0.1, 0.15) is 18.4 Å². The van der Waals surface area contributed by atoms with Crippen LogP contribution in [0, 0.1) is 17.8 Å². The zero-order chi connectivity index (χ0) is 13.8. The molecular weight excluding hydrogens is 248 g/mol. The van der Waals surface area contributed by atoms with Crippen LogP contribution in [0.4, 0.5) is 0 Å². The third-order valence-corrected chi connectivity index (χ3v) is 4.44. The summed E-state index contributed by atoms with van der Waals surface area (Å²) in [6.45, 7) is 1.99. The van der Waals surface area contributed by atoms with Gasteiger partial charge in [-0.1, -0.05) is 42.5 Å². The summed E-state index contributed by atoms with van der Waals surface area (Å²) in [7, 11) is 0. The molecule has 3 atom stereocenters. The monoisotopic (exact) mass is 270 g/mol. The summed E-state index contributed by atoms with van der Waals surface area (Å²) in [5.74, 6) is 2.36. The highest BCUT2D eigenvalue weighted by atomic mass is 16.1. The second-order valence-corrected chi connectivity index (χ2v) is 5.93. The molecule has 3 nitrogen and oxygen atoms in total. The average molecular weight is 270 g/mol. The lowest BCUT2D eigenvalue weighted by Gasteiger charge is -2.18. The van der Waals surface area contributed by atoms with Crippen molar-refractivity contribution in [2.75, 3.05) is 13.1 Å². The number of rotatable bonds is 6. The summed E-state index contributed by atoms with van der Waals surface area (Å²) < 4.78 is 0. The second kappa shape index (κ2) is 6.23. The van der Waals surface area contributed by atoms with Crippen molar-refractivity contribution in [1.29, 1.82) is 0 Å². The van der Waals surface area contributed by atoms with Crippen LogP contribution in [0.3, 0.4) is 0 Å². The predicted octanol–water partition coefficient (Wildman–Crippen LogP) is 2.10. The molecule has 2 aliphatic rings. The Bertz CT molecular complexity index is 483. The Morgan fingerprint density at radius 3 is 2.70 bits per heavy atom. The van der Waals surface area contributed by atoms with Gasteiger partial charge in [0.15, 0.2) is 0 Å². The van der Waals surface area contributed by atoms with Crippen molar-refractivity contribution in [2.45, 2.75) is 19.4 Å². The highest BCUT2D eigenvalue weighted by Gasteiger charge is 2.34. The van der Waals surface area contributed by atoms with Gasteiger partial charge in [0.25, 0.3) is 0 Å². The van der Waals surface area contributed by atoms with E-state index < -0.39 is 0 Å². The summed E-state index contributed by atoms with van der Waals surface area (Å²) in [4.78, 5) is 11.8. The Morgan fingerprint density at radius 1 is 1.15 bits per heavy atom. The third-order valence-electron chi connectivity index (χ3n) is 4.44. The van der Waals surface area contributed by atoms with Crippen molar-refractivity contribution in [3.8, 4) is 0 Å². The van der Waals surface area contributed by atoms with E-state index in [1.807, 2.05) is 30.3 Å². The van der Waals surface area contributed by atoms with E-state index in [9.17, 15) is 4.79 Å². The maximum absolute atomic E-state index is 11.8. The Hall–Kier alpha value is -1.61. The zero-order valence-corrected chi connectivity index (χ0v) is 11.7. The molecule has 1 amide bonds. The van der Waals surface area contributed by atoms with Crippen LogP contribution in [0.25, 0.3) is 0 Å². The molecule has 20 heavy (non-hydrogen) atoms. The van der Waals surface area contributed by atoms with Gasteiger partial charge < -0.3 is 10.6 Å². The summed E-state index contributed by atoms with van der Waals surface area (Å²) in [5, 5.41) is 6.25. The quantitative estimate of drug-likeness (QED) is 0.777. The molecular formula is C17H22N2O. The Labute approximate surface area is 120 Å². The SMILES string of the molecule is O=C(CNCC1CC2C=CC1C2)NCc1ccccc1. The first-order chi connectivity index (χ1) is 9.81. The summed E-state index contributed by atoms with van der Waals surface area (Å²) >= 11 is 0. The maximum Gasteiger partial charge on any atom is 0.234 e. The minimum absolute atomic E-state index is 0.0764. The molecule has 0 aromatic heterocycles. The molecule has 3 unspecified atom stereocenters. The molecule has 106 valence electrons. The molecule has 2 bridgehead atoms. The Balaban J connectivity index is 1.32. The number of nitrogens with one attached hydrogen (secondary N) is 2. The van der Waals surface area contributed by atoms with Gasteiger partial charge in [-0.25, -0.2) is 0 Å². The molecule has 1 fully saturated rings. The van der Waals surface area contributed by atoms with Crippen LogP contribution in [0.2, 0.25) is 0 Å². The molecule has 0 radical (unpaired) electrons. The fourth-order valence-corrected chi connectivity index (χ4v) is 3.36. The second-order valence-electron chi connectivity index (χ2n) is 5.93. The maximum atomic E-state index is 11.8. The number of hydrogen-bond acceptors (Lipinski definition) is 2. The van der Waals surface area contributed by atoms with Crippen molar-refractivity contribution >= 4 is 5.91 Å². The summed E-state index contributed by atoms with van der Waals surface area (Å²) in [5.41, 5.74) is 1.14. The normalized spacial score (nSPS) is 26.9. The van der Waals surface area contributed by atoms with E-state index >= 15 is 0 Å². The molecule has 0 aliphatic heterocycles. The minimum Gasteiger partial charge on any atom is -0.351 e. The van der Waals surface area contributed by atoms with Crippen LogP contribution in [-0.4, -0.2) is 19.0 Å². The van der Waals surface area contributed by atoms with Gasteiger partial charge in [-0.3, -0.25) is 4.79 Å². The van der Waals surface area contributed by atoms with Crippen LogP contribution in [-0.2, 0) is 11.3 Å². The molecule has 3 heteroatoms. The van der Waals surface area contributed by atoms with Gasteiger partial charge in [0.05, 0.1) is 6.54 Å². The Morgan fingerprint density at radius 2 is 2.00 bits per heavy atom. The topological polar surface area (TPSA) is 41.1 Å². The van der Waals surface area contributed by atoms with Gasteiger partial charge in [-0.05, 0) is 42.7 Å². The molecule has 1 saturated carbocycles. The van der Waals surface area contributed by atoms with Crippen LogP contribution < -0.4 is 10.6 Å². The van der Waals surface area contributed by atoms with Gasteiger partial charge in [-0.2, -0.15) is 0 Å². The number of benzene rings is 1. The highest BCUT2D eigenvalue weighted by molar-refractivity contribution is 5.77. The van der Waals surface area contributed by atoms with E-state index in [0.29, 0.717) is 13.1 Å². The average Bonchev–Trinajstić information content (AvgIpc) is 3.09. The molecule has 2 N–H and O–H groups in total. The van der Waals surface area contributed by atoms with Crippen LogP contribution >= 0.6 is 0 Å². The standard InChI is InChI=1S/C17H22N2O/c20-17(19-10-13-4-2-1-3-5-13)12-18-11-16-9-14-6-7-15(16)8-14/h1-7,14-16,18H,8-12H2,(H,19,20). The van der Waals surface area contributed by atoms with E-state index in [0.717, 1.165) is 29.9 Å². The smallest absolute Gasteiger partial charge is 0.234 e. The van der Waals surface area contributed by atoms with E-state index in [1.54, 1.807) is 0 Å². The number of carbonyl (C=O) groups is 1. The molecule has 3 rings (SSSR count). The number of hydrogen-bond donors (Lipinski definition) is 2. The number of allylic oxidation sites excluding steroid dienone is 2. The van der Waals surface area contributed by atoms with Gasteiger partial charge >= 0.3 is 0 Å². The number of fused-ring (bicyclic) bond motifs is 2. The fraction of sp³-hybridized carbons (Fsp3) is 0.471. The van der Waals surface area contributed by atoms with Crippen LogP contribution in [0.5, 0.6) is 0 Å². The first-order valence-electron chi connectivity index (χ1n) is 7.51. The lowest BCUT2D eigenvalue weighted by molar-refractivity contribution is -0.120. The van der Waals surface area contributed by atoms with Crippen molar-refractivity contribution < 1.29 is 4.79 Å². The fourth-order valence-electron chi connectivity index (χ4n) is 3.36. The van der Waals surface area contributed by atoms with E-state index in [2.05, 4.69) is 22.8 Å². The summed E-state index contributed by atoms with van der Waals surface area (Å²) in [6.07, 6.45) is 7.33. The van der Waals surface area contributed by atoms with Crippen molar-refractivity contribution in [2.24, 2.45) is 17.8 Å². The lowest BCUT2D eigenvalue weighted by atomic mass is 9.94. The molecule has 0 heterocycles. The molecule has 0 saturated heterocycles. The minimum atomic E-state index is 0.0764. The van der Waals surface area contributed by atoms with E-state index in [1.165, 1.54) is 12.8 Å². The van der Waals surface area contributed by atoms with Gasteiger partial charge in [0.1, 0.15) is 0 Å². The van der Waals surface area contributed by atoms with Crippen molar-refractivity contribution in [1.82, 2.24) is 10.6 Å². The summed E-state index contributed by atoms with van der Waals surface area (Å²) in [6, 6.07) is 10.0. The number of carbonyl (C=O) groups excluding carboxylic acids is 1. The van der Waals surface area contributed by atoms with E-state index in [4.69, 9.17) is 0 Å². The van der Waals surface area contributed by atoms with Crippen molar-refractivity contribution in [3.63, 3.8) is 0 Å². The van der Waals surface area contributed by atoms with Crippen molar-refractivity contribution in [3.05, 3.63) is 48.0 Å². The third kappa shape index (κ3) is 3.28. The van der Waals surface area contributed by atoms with Gasteiger partial charge in [0.2, 0.25) is 5.91 Å². The first kappa shape index (κ1) is 13.4. The van der Waals surface area contributed by atoms with Gasteiger partial charge in [-0.15, -0.1) is 0 Å². The number of amides is 1. The van der Waals surface area contributed by atoms with Gasteiger partial charge in [0, 0.05) is 6.54 Å². The lowest BCUT2D eigenvalue weighted by Crippen LogP contribution is -2.36. The molecule has 1 aromatic carbocycles. The highest BCUT2D eigenvalue weighted by Crippen LogP contribution is 2.42. The largest absolute Gasteiger partial charge is 0.351 e. The predicted molar refractivity (Wildman–Crippen MR) is 80.0 cm³/mol. The Kier molecular flexibility index (Phi) is 4.16.